The minimum Gasteiger partial charge on any atom is -0.748 e. The molecule has 78 valence electrons. The molecular weight excluding hydrogens is 217 g/mol. The number of nitrogens with two attached hydrogens (primary N) is 1. The van der Waals surface area contributed by atoms with Gasteiger partial charge in [-0.25, -0.2) is 8.42 Å². The van der Waals surface area contributed by atoms with E-state index < -0.39 is 16.0 Å². The first-order chi connectivity index (χ1) is 5.69. The molecule has 0 aliphatic rings. The van der Waals surface area contributed by atoms with Gasteiger partial charge < -0.3 is 10.3 Å². The molecule has 0 aromatic rings. The summed E-state index contributed by atoms with van der Waals surface area (Å²) in [6.45, 7) is 6.47. The van der Waals surface area contributed by atoms with Gasteiger partial charge in [-0.15, -0.1) is 0 Å². The number of amides is 1. The van der Waals surface area contributed by atoms with Gasteiger partial charge in [-0.1, -0.05) is 20.4 Å². The average Bonchev–Trinajstić information content (AvgIpc) is 1.83. The van der Waals surface area contributed by atoms with Gasteiger partial charge in [0.2, 0.25) is 5.91 Å². The van der Waals surface area contributed by atoms with Gasteiger partial charge in [0.05, 0.1) is 10.1 Å². The van der Waals surface area contributed by atoms with Gasteiger partial charge in [-0.2, -0.15) is 0 Å². The summed E-state index contributed by atoms with van der Waals surface area (Å²) in [7, 11) is -3.97. The van der Waals surface area contributed by atoms with Crippen molar-refractivity contribution in [3.8, 4) is 0 Å². The fourth-order valence-corrected chi connectivity index (χ4v) is 1.22. The molecule has 0 aromatic heterocycles. The summed E-state index contributed by atoms with van der Waals surface area (Å²) in [4.78, 5) is 9.47. The summed E-state index contributed by atoms with van der Waals surface area (Å²) < 4.78 is 29.7. The van der Waals surface area contributed by atoms with Gasteiger partial charge in [0.15, 0.2) is 0 Å². The number of carbonyl (C=O) groups excluding carboxylic acids is 1. The van der Waals surface area contributed by atoms with E-state index >= 15 is 0 Å². The summed E-state index contributed by atoms with van der Waals surface area (Å²) in [5.41, 5.74) is 4.53. The molecule has 0 aliphatic heterocycles. The maximum Gasteiger partial charge on any atom is 1.00 e. The van der Waals surface area contributed by atoms with Crippen molar-refractivity contribution in [3.05, 3.63) is 12.7 Å². The normalized spacial score (nSPS) is 9.43. The van der Waals surface area contributed by atoms with Crippen LogP contribution in [-0.2, 0) is 14.9 Å². The van der Waals surface area contributed by atoms with E-state index in [9.17, 15) is 17.8 Å². The van der Waals surface area contributed by atoms with E-state index in [2.05, 4.69) is 12.3 Å². The van der Waals surface area contributed by atoms with E-state index in [1.54, 1.807) is 13.8 Å². The Morgan fingerprint density at radius 2 is 1.86 bits per heavy atom. The minimum absolute atomic E-state index is 0. The molecule has 0 saturated carbocycles. The molecule has 0 rings (SSSR count). The van der Waals surface area contributed by atoms with Crippen LogP contribution in [0.3, 0.4) is 0 Å². The first kappa shape index (κ1) is 19.7. The zero-order valence-corrected chi connectivity index (χ0v) is 11.5. The monoisotopic (exact) mass is 231 g/mol. The van der Waals surface area contributed by atoms with Gasteiger partial charge in [-0.05, 0) is 12.0 Å². The molecule has 0 fully saturated rings. The van der Waals surface area contributed by atoms with E-state index in [4.69, 9.17) is 0 Å². The third-order valence-corrected chi connectivity index (χ3v) is 1.81. The Bertz CT molecular complexity index is 261. The number of rotatable bonds is 3. The van der Waals surface area contributed by atoms with Gasteiger partial charge in [0, 0.05) is 5.75 Å². The zero-order chi connectivity index (χ0) is 11.1. The molecule has 0 heterocycles. The van der Waals surface area contributed by atoms with Crippen LogP contribution in [0.25, 0.3) is 0 Å². The van der Waals surface area contributed by atoms with Gasteiger partial charge in [-0.3, -0.25) is 4.79 Å². The van der Waals surface area contributed by atoms with Gasteiger partial charge in [0.1, 0.15) is 0 Å². The second-order valence-electron chi connectivity index (χ2n) is 2.72. The fourth-order valence-electron chi connectivity index (χ4n) is 0.408. The van der Waals surface area contributed by atoms with Crippen LogP contribution >= 0.6 is 0 Å². The molecule has 0 atom stereocenters. The molecule has 2 N–H and O–H groups in total. The molecule has 7 heteroatoms. The summed E-state index contributed by atoms with van der Waals surface area (Å²) in [6.07, 6.45) is 1.06. The van der Waals surface area contributed by atoms with Crippen LogP contribution in [-0.4, -0.2) is 24.6 Å². The summed E-state index contributed by atoms with van der Waals surface area (Å²) in [6, 6.07) is 0. The minimum atomic E-state index is -3.97. The number of primary amides is 1. The van der Waals surface area contributed by atoms with Gasteiger partial charge >= 0.3 is 29.6 Å². The van der Waals surface area contributed by atoms with Crippen LogP contribution in [0, 0.1) is 5.92 Å². The van der Waals surface area contributed by atoms with E-state index in [0.717, 1.165) is 6.08 Å². The maximum atomic E-state index is 9.89. The van der Waals surface area contributed by atoms with E-state index in [-0.39, 0.29) is 41.2 Å². The Hall–Kier alpha value is 0.120. The van der Waals surface area contributed by atoms with E-state index in [1.165, 1.54) is 0 Å². The fraction of sp³-hybridized carbons (Fsp3) is 0.571. The second kappa shape index (κ2) is 9.67. The van der Waals surface area contributed by atoms with Crippen molar-refractivity contribution in [2.24, 2.45) is 11.7 Å². The van der Waals surface area contributed by atoms with Crippen LogP contribution in [0.2, 0.25) is 0 Å². The summed E-state index contributed by atoms with van der Waals surface area (Å²) >= 11 is 0. The van der Waals surface area contributed by atoms with Crippen LogP contribution in [0.4, 0.5) is 0 Å². The molecule has 1 amide bonds. The molecule has 0 radical (unpaired) electrons. The molecule has 0 aliphatic carbocycles. The molecule has 14 heavy (non-hydrogen) atoms. The van der Waals surface area contributed by atoms with Gasteiger partial charge in [0.25, 0.3) is 0 Å². The second-order valence-corrected chi connectivity index (χ2v) is 4.17. The van der Waals surface area contributed by atoms with Crippen molar-refractivity contribution < 1.29 is 47.3 Å². The van der Waals surface area contributed by atoms with Crippen molar-refractivity contribution in [1.82, 2.24) is 0 Å². The Morgan fingerprint density at radius 3 is 1.86 bits per heavy atom. The molecule has 0 saturated heterocycles. The Morgan fingerprint density at radius 1 is 1.57 bits per heavy atom. The Balaban J connectivity index is -0.000000177. The van der Waals surface area contributed by atoms with Crippen LogP contribution < -0.4 is 35.3 Å². The zero-order valence-electron chi connectivity index (χ0n) is 8.69. The third-order valence-electron chi connectivity index (χ3n) is 0.739. The van der Waals surface area contributed by atoms with Crippen molar-refractivity contribution in [3.63, 3.8) is 0 Å². The molecule has 0 bridgehead atoms. The van der Waals surface area contributed by atoms with Crippen LogP contribution in [0.5, 0.6) is 0 Å². The van der Waals surface area contributed by atoms with Crippen molar-refractivity contribution in [2.75, 3.05) is 5.75 Å². The molecular formula is C7H14NNaO4S. The SMILES string of the molecule is C=CC(N)=O.CC(C)CS(=O)(=O)[O-].[Na+]. The Kier molecular flexibility index (Phi) is 13.6. The smallest absolute Gasteiger partial charge is 0.748 e. The molecule has 0 spiro atoms. The van der Waals surface area contributed by atoms with E-state index in [1.807, 2.05) is 0 Å². The van der Waals surface area contributed by atoms with Crippen molar-refractivity contribution in [1.29, 1.82) is 0 Å². The Labute approximate surface area is 107 Å². The molecule has 5 nitrogen and oxygen atoms in total. The topological polar surface area (TPSA) is 100 Å². The first-order valence-electron chi connectivity index (χ1n) is 3.54. The predicted octanol–water partition coefficient (Wildman–Crippen LogP) is -3.15. The van der Waals surface area contributed by atoms with Crippen molar-refractivity contribution in [2.45, 2.75) is 13.8 Å². The maximum absolute atomic E-state index is 9.89. The number of hydrogen-bond donors (Lipinski definition) is 1. The molecule has 0 unspecified atom stereocenters. The van der Waals surface area contributed by atoms with E-state index in [0.29, 0.717) is 0 Å². The first-order valence-corrected chi connectivity index (χ1v) is 5.12. The average molecular weight is 231 g/mol. The number of carbonyl (C=O) groups is 1. The van der Waals surface area contributed by atoms with Crippen LogP contribution in [0.15, 0.2) is 12.7 Å². The largest absolute Gasteiger partial charge is 1.00 e. The summed E-state index contributed by atoms with van der Waals surface area (Å²) in [5, 5.41) is 0. The number of hydrogen-bond acceptors (Lipinski definition) is 4. The predicted molar refractivity (Wildman–Crippen MR) is 48.8 cm³/mol. The molecule has 0 aromatic carbocycles. The standard InChI is InChI=1S/C4H10O3S.C3H5NO.Na/c1-4(2)3-8(5,6)7;1-2-3(4)5;/h4H,3H2,1-2H3,(H,5,6,7);2H,1H2,(H2,4,5);/q;;+1/p-1. The van der Waals surface area contributed by atoms with Crippen LogP contribution in [0.1, 0.15) is 13.8 Å². The quantitative estimate of drug-likeness (QED) is 0.315. The van der Waals surface area contributed by atoms with Crippen molar-refractivity contribution >= 4 is 16.0 Å². The summed E-state index contributed by atoms with van der Waals surface area (Å²) in [5.74, 6) is -0.796. The third kappa shape index (κ3) is 29.6.